The van der Waals surface area contributed by atoms with Crippen LogP contribution >= 0.6 is 0 Å². The fraction of sp³-hybridized carbons (Fsp3) is 0.600. The predicted molar refractivity (Wildman–Crippen MR) is 78.5 cm³/mol. The highest BCUT2D eigenvalue weighted by molar-refractivity contribution is 6.59. The van der Waals surface area contributed by atoms with E-state index in [-0.39, 0.29) is 12.1 Å². The minimum absolute atomic E-state index is 0.106. The fourth-order valence-electron chi connectivity index (χ4n) is 1.49. The number of rotatable bonds is 4. The van der Waals surface area contributed by atoms with E-state index < -0.39 is 88.1 Å². The maximum atomic E-state index is 10.2. The summed E-state index contributed by atoms with van der Waals surface area (Å²) in [5, 5.41) is 20.3. The molecule has 0 aromatic heterocycles. The number of hydrogen-bond acceptors (Lipinski definition) is 2. The molecular weight excluding hydrogens is 223 g/mol. The van der Waals surface area contributed by atoms with Gasteiger partial charge in [0.2, 0.25) is 0 Å². The van der Waals surface area contributed by atoms with Crippen LogP contribution in [0, 0.1) is 0 Å². The van der Waals surface area contributed by atoms with Crippen LogP contribution in [0.3, 0.4) is 0 Å². The first-order valence-electron chi connectivity index (χ1n) is 15.2. The molecule has 1 aromatic rings. The van der Waals surface area contributed by atoms with E-state index in [0.29, 0.717) is 0 Å². The Hall–Kier alpha value is -0.795. The van der Waals surface area contributed by atoms with Crippen molar-refractivity contribution in [3.05, 3.63) is 28.8 Å². The molecule has 0 aliphatic rings. The molecule has 0 aliphatic carbocycles. The molecule has 0 saturated heterocycles. The zero-order chi connectivity index (χ0) is 31.8. The van der Waals surface area contributed by atoms with Gasteiger partial charge in [-0.1, -0.05) is 53.2 Å². The van der Waals surface area contributed by atoms with Crippen LogP contribution in [0.5, 0.6) is 0 Å². The molecule has 0 amide bonds. The molecule has 0 fully saturated rings. The van der Waals surface area contributed by atoms with Gasteiger partial charge in [-0.05, 0) is 39.8 Å². The summed E-state index contributed by atoms with van der Waals surface area (Å²) < 4.78 is 165. The Bertz CT molecular complexity index is 953. The third-order valence-corrected chi connectivity index (χ3v) is 2.27. The molecule has 0 unspecified atom stereocenters. The lowest BCUT2D eigenvalue weighted by Gasteiger charge is -2.22. The molecule has 0 heterocycles. The van der Waals surface area contributed by atoms with E-state index in [0.717, 1.165) is 0 Å². The molecule has 0 radical (unpaired) electrons. The largest absolute Gasteiger partial charge is 0.489 e. The molecule has 2 N–H and O–H groups in total. The van der Waals surface area contributed by atoms with Gasteiger partial charge in [-0.3, -0.25) is 0 Å². The van der Waals surface area contributed by atoms with E-state index in [2.05, 4.69) is 0 Å². The average Bonchev–Trinajstić information content (AvgIpc) is 2.65. The van der Waals surface area contributed by atoms with Gasteiger partial charge in [0, 0.05) is 28.8 Å². The molecule has 100 valence electrons. The Morgan fingerprint density at radius 2 is 1.39 bits per heavy atom. The van der Waals surface area contributed by atoms with Gasteiger partial charge in [0.1, 0.15) is 0 Å². The minimum Gasteiger partial charge on any atom is -0.423 e. The fourth-order valence-corrected chi connectivity index (χ4v) is 1.49. The summed E-state index contributed by atoms with van der Waals surface area (Å²) in [6.45, 7) is -23.7. The van der Waals surface area contributed by atoms with Gasteiger partial charge in [0.05, 0.1) is 0 Å². The standard InChI is InChI=1S/C15H25BO2/c1-9(2)12-7-13(10(3)4)15(16(17)18)14(8-12)11(5)6/h7-11,17-18H,1-6H3/i1D3,2D3,3D3,4D3,5D3,6D3,9D,10D,11D. The Morgan fingerprint density at radius 3 is 1.72 bits per heavy atom. The predicted octanol–water partition coefficient (Wildman–Crippen LogP) is 2.74. The van der Waals surface area contributed by atoms with Crippen molar-refractivity contribution in [2.24, 2.45) is 0 Å². The van der Waals surface area contributed by atoms with Crippen LogP contribution in [0.1, 0.15) is 104 Å². The topological polar surface area (TPSA) is 40.5 Å². The van der Waals surface area contributed by atoms with Crippen molar-refractivity contribution in [2.45, 2.75) is 58.8 Å². The molecule has 0 aliphatic heterocycles. The molecule has 0 atom stereocenters. The highest BCUT2D eigenvalue weighted by Gasteiger charge is 2.24. The van der Waals surface area contributed by atoms with Crippen molar-refractivity contribution in [2.75, 3.05) is 0 Å². The molecule has 3 heteroatoms. The van der Waals surface area contributed by atoms with Gasteiger partial charge >= 0.3 is 7.12 Å². The molecular formula is C15H25BO2. The smallest absolute Gasteiger partial charge is 0.423 e. The summed E-state index contributed by atoms with van der Waals surface area (Å²) in [6.07, 6.45) is 0. The van der Waals surface area contributed by atoms with Crippen molar-refractivity contribution in [3.63, 3.8) is 0 Å². The minimum atomic E-state index is -4.02. The summed E-state index contributed by atoms with van der Waals surface area (Å²) in [5.74, 6) is -11.9. The normalized spacial score (nSPS) is 34.9. The number of benzene rings is 1. The summed E-state index contributed by atoms with van der Waals surface area (Å²) in [4.78, 5) is 0. The van der Waals surface area contributed by atoms with Crippen LogP contribution in [0.4, 0.5) is 0 Å². The Kier molecular flexibility index (Phi) is 1.01. The first-order valence-corrected chi connectivity index (χ1v) is 4.71. The van der Waals surface area contributed by atoms with Crippen LogP contribution in [-0.4, -0.2) is 17.2 Å². The molecule has 1 rings (SSSR count). The van der Waals surface area contributed by atoms with Gasteiger partial charge < -0.3 is 10.0 Å². The van der Waals surface area contributed by atoms with E-state index in [1.807, 2.05) is 0 Å². The average molecular weight is 269 g/mol. The maximum absolute atomic E-state index is 10.2. The summed E-state index contributed by atoms with van der Waals surface area (Å²) in [5.41, 5.74) is -6.23. The summed E-state index contributed by atoms with van der Waals surface area (Å²) >= 11 is 0. The maximum Gasteiger partial charge on any atom is 0.489 e. The molecule has 2 nitrogen and oxygen atoms in total. The molecule has 0 saturated carbocycles. The van der Waals surface area contributed by atoms with Crippen molar-refractivity contribution < 1.29 is 38.8 Å². The van der Waals surface area contributed by atoms with Crippen LogP contribution < -0.4 is 5.46 Å². The van der Waals surface area contributed by atoms with Crippen LogP contribution in [0.15, 0.2) is 12.1 Å². The third-order valence-electron chi connectivity index (χ3n) is 2.27. The van der Waals surface area contributed by atoms with E-state index in [9.17, 15) is 10.0 Å². The SMILES string of the molecule is [2H]C([2H])([2H])C([2H])(c1cc(C([2H])(C([2H])([2H])[2H])C([2H])([2H])[2H])c(B(O)O)c(C([2H])(C([2H])([2H])[2H])C([2H])([2H])[2H])c1)C([2H])([2H])[2H]. The van der Waals surface area contributed by atoms with E-state index >= 15 is 0 Å². The van der Waals surface area contributed by atoms with Gasteiger partial charge in [-0.2, -0.15) is 0 Å². The van der Waals surface area contributed by atoms with Crippen molar-refractivity contribution in [1.29, 1.82) is 0 Å². The van der Waals surface area contributed by atoms with Gasteiger partial charge in [-0.25, -0.2) is 0 Å². The zero-order valence-corrected chi connectivity index (χ0v) is 9.13. The second kappa shape index (κ2) is 5.90. The second-order valence-corrected chi connectivity index (χ2v) is 3.48. The Labute approximate surface area is 141 Å². The second-order valence-electron chi connectivity index (χ2n) is 3.48. The van der Waals surface area contributed by atoms with Gasteiger partial charge in [0.15, 0.2) is 0 Å². The lowest BCUT2D eigenvalue weighted by molar-refractivity contribution is 0.424. The summed E-state index contributed by atoms with van der Waals surface area (Å²) in [6, 6.07) is 0.213. The van der Waals surface area contributed by atoms with Gasteiger partial charge in [0.25, 0.3) is 0 Å². The van der Waals surface area contributed by atoms with Gasteiger partial charge in [-0.15, -0.1) is 0 Å². The molecule has 0 bridgehead atoms. The third kappa shape index (κ3) is 3.15. The van der Waals surface area contributed by atoms with E-state index in [1.54, 1.807) is 0 Å². The zero-order valence-electron chi connectivity index (χ0n) is 30.1. The lowest BCUT2D eigenvalue weighted by atomic mass is 9.68. The van der Waals surface area contributed by atoms with Crippen LogP contribution in [0.25, 0.3) is 0 Å². The molecule has 0 spiro atoms. The monoisotopic (exact) mass is 269 g/mol. The van der Waals surface area contributed by atoms with Crippen molar-refractivity contribution in [1.82, 2.24) is 0 Å². The highest BCUT2D eigenvalue weighted by atomic mass is 16.4. The first-order chi connectivity index (χ1) is 16.7. The highest BCUT2D eigenvalue weighted by Crippen LogP contribution is 2.25. The first kappa shape index (κ1) is 3.10. The van der Waals surface area contributed by atoms with E-state index in [4.69, 9.17) is 28.8 Å². The van der Waals surface area contributed by atoms with Crippen LogP contribution in [-0.2, 0) is 0 Å². The van der Waals surface area contributed by atoms with Crippen LogP contribution in [0.2, 0.25) is 0 Å². The quantitative estimate of drug-likeness (QED) is 0.825. The van der Waals surface area contributed by atoms with Crippen molar-refractivity contribution in [3.8, 4) is 0 Å². The van der Waals surface area contributed by atoms with E-state index in [1.165, 1.54) is 0 Å². The lowest BCUT2D eigenvalue weighted by Crippen LogP contribution is -2.37. The van der Waals surface area contributed by atoms with Crippen molar-refractivity contribution >= 4 is 12.6 Å². The molecule has 1 aromatic carbocycles. The Morgan fingerprint density at radius 1 is 0.944 bits per heavy atom. The number of hydrogen-bond donors (Lipinski definition) is 2. The summed E-state index contributed by atoms with van der Waals surface area (Å²) in [7, 11) is -3.16. The molecule has 18 heavy (non-hydrogen) atoms. The Balaban J connectivity index is 4.90.